The quantitative estimate of drug-likeness (QED) is 0.380. The molecule has 1 N–H and O–H groups in total. The Morgan fingerprint density at radius 2 is 1.53 bits per heavy atom. The summed E-state index contributed by atoms with van der Waals surface area (Å²) in [4.78, 5) is 11.1. The number of carbonyl (C=O) groups is 1. The summed E-state index contributed by atoms with van der Waals surface area (Å²) in [5.41, 5.74) is 7.51. The Bertz CT molecular complexity index is 930. The van der Waals surface area contributed by atoms with E-state index in [4.69, 9.17) is 5.11 Å². The topological polar surface area (TPSA) is 37.3 Å². The summed E-state index contributed by atoms with van der Waals surface area (Å²) in [6, 6.07) is 12.0. The monoisotopic (exact) mass is 404 g/mol. The van der Waals surface area contributed by atoms with Crippen molar-refractivity contribution in [2.75, 3.05) is 0 Å². The summed E-state index contributed by atoms with van der Waals surface area (Å²) in [5.74, 6) is -0.886. The molecular weight excluding hydrogens is 368 g/mol. The minimum absolute atomic E-state index is 0.193. The van der Waals surface area contributed by atoms with Crippen LogP contribution in [0.3, 0.4) is 0 Å². The maximum absolute atomic E-state index is 11.1. The first-order valence-electron chi connectivity index (χ1n) is 11.3. The van der Waals surface area contributed by atoms with Crippen LogP contribution < -0.4 is 0 Å². The molecule has 0 aliphatic heterocycles. The molecule has 0 fully saturated rings. The zero-order valence-corrected chi connectivity index (χ0v) is 19.2. The largest absolute Gasteiger partial charge is 0.478 e. The number of carboxylic acids is 1. The van der Waals surface area contributed by atoms with Crippen LogP contribution >= 0.6 is 0 Å². The number of aryl methyl sites for hydroxylation is 1. The molecular formula is C28H36O2. The van der Waals surface area contributed by atoms with Gasteiger partial charge in [0.2, 0.25) is 0 Å². The van der Waals surface area contributed by atoms with Crippen molar-refractivity contribution >= 4 is 18.1 Å². The lowest BCUT2D eigenvalue weighted by molar-refractivity contribution is 0.0697. The van der Waals surface area contributed by atoms with Gasteiger partial charge in [0.25, 0.3) is 0 Å². The van der Waals surface area contributed by atoms with E-state index in [9.17, 15) is 4.79 Å². The summed E-state index contributed by atoms with van der Waals surface area (Å²) in [7, 11) is 0. The summed E-state index contributed by atoms with van der Waals surface area (Å²) < 4.78 is 0. The Kier molecular flexibility index (Phi) is 6.55. The van der Waals surface area contributed by atoms with Crippen molar-refractivity contribution in [2.45, 2.75) is 84.0 Å². The molecule has 30 heavy (non-hydrogen) atoms. The molecule has 2 aromatic carbocycles. The number of aromatic carboxylic acids is 1. The van der Waals surface area contributed by atoms with Gasteiger partial charge < -0.3 is 5.11 Å². The van der Waals surface area contributed by atoms with Crippen LogP contribution in [0.4, 0.5) is 0 Å². The average Bonchev–Trinajstić information content (AvgIpc) is 2.70. The van der Waals surface area contributed by atoms with Gasteiger partial charge in [-0.3, -0.25) is 0 Å². The second-order valence-corrected chi connectivity index (χ2v) is 10.1. The van der Waals surface area contributed by atoms with Crippen molar-refractivity contribution in [1.82, 2.24) is 0 Å². The van der Waals surface area contributed by atoms with Crippen LogP contribution in [0.2, 0.25) is 0 Å². The number of fused-ring (bicyclic) bond motifs is 1. The molecule has 0 bridgehead atoms. The first kappa shape index (κ1) is 22.3. The minimum Gasteiger partial charge on any atom is -0.478 e. The van der Waals surface area contributed by atoms with E-state index >= 15 is 0 Å². The molecule has 1 aliphatic carbocycles. The second kappa shape index (κ2) is 8.79. The van der Waals surface area contributed by atoms with Crippen LogP contribution in [0, 0.1) is 0 Å². The standard InChI is InChI=1S/C28H36O2/c1-6-7-8-9-22-18-24-25(28(4,5)17-16-27(24,2)3)19-23(22)15-12-20-10-13-21(14-11-20)26(29)30/h10-15,18-19H,6-9,16-17H2,1-5H3,(H,29,30). The smallest absolute Gasteiger partial charge is 0.335 e. The van der Waals surface area contributed by atoms with Crippen molar-refractivity contribution in [3.05, 3.63) is 69.8 Å². The van der Waals surface area contributed by atoms with E-state index in [1.165, 1.54) is 54.4 Å². The lowest BCUT2D eigenvalue weighted by Gasteiger charge is -2.42. The molecule has 160 valence electrons. The fourth-order valence-corrected chi connectivity index (χ4v) is 4.54. The Hall–Kier alpha value is -2.35. The Labute approximate surface area is 182 Å². The highest BCUT2D eigenvalue weighted by Gasteiger charge is 2.37. The number of hydrogen-bond acceptors (Lipinski definition) is 1. The first-order chi connectivity index (χ1) is 14.1. The maximum Gasteiger partial charge on any atom is 0.335 e. The molecule has 3 rings (SSSR count). The van der Waals surface area contributed by atoms with Crippen molar-refractivity contribution in [3.63, 3.8) is 0 Å². The van der Waals surface area contributed by atoms with Gasteiger partial charge in [-0.25, -0.2) is 4.79 Å². The Balaban J connectivity index is 2.01. The third-order valence-electron chi connectivity index (χ3n) is 6.78. The van der Waals surface area contributed by atoms with E-state index in [1.54, 1.807) is 12.1 Å². The molecule has 2 aromatic rings. The fourth-order valence-electron chi connectivity index (χ4n) is 4.54. The number of rotatable bonds is 7. The van der Waals surface area contributed by atoms with E-state index < -0.39 is 5.97 Å². The summed E-state index contributed by atoms with van der Waals surface area (Å²) in [5, 5.41) is 9.11. The molecule has 2 nitrogen and oxygen atoms in total. The van der Waals surface area contributed by atoms with Gasteiger partial charge in [-0.15, -0.1) is 0 Å². The third-order valence-corrected chi connectivity index (χ3v) is 6.78. The molecule has 1 aliphatic rings. The molecule has 0 spiro atoms. The van der Waals surface area contributed by atoms with Gasteiger partial charge in [0.05, 0.1) is 5.56 Å². The van der Waals surface area contributed by atoms with Crippen LogP contribution in [0.5, 0.6) is 0 Å². The molecule has 0 saturated carbocycles. The Morgan fingerprint density at radius 1 is 0.933 bits per heavy atom. The van der Waals surface area contributed by atoms with Crippen LogP contribution in [-0.2, 0) is 17.3 Å². The van der Waals surface area contributed by atoms with Crippen LogP contribution in [0.1, 0.15) is 105 Å². The van der Waals surface area contributed by atoms with Gasteiger partial charge in [-0.2, -0.15) is 0 Å². The predicted octanol–water partition coefficient (Wildman–Crippen LogP) is 7.64. The van der Waals surface area contributed by atoms with Crippen molar-refractivity contribution in [2.24, 2.45) is 0 Å². The second-order valence-electron chi connectivity index (χ2n) is 10.1. The summed E-state index contributed by atoms with van der Waals surface area (Å²) in [6.45, 7) is 11.8. The number of benzene rings is 2. The lowest BCUT2D eigenvalue weighted by atomic mass is 9.62. The average molecular weight is 405 g/mol. The molecule has 0 aromatic heterocycles. The van der Waals surface area contributed by atoms with Crippen LogP contribution in [0.25, 0.3) is 12.2 Å². The number of hydrogen-bond donors (Lipinski definition) is 1. The summed E-state index contributed by atoms with van der Waals surface area (Å²) >= 11 is 0. The number of unbranched alkanes of at least 4 members (excludes halogenated alkanes) is 2. The van der Waals surface area contributed by atoms with Gasteiger partial charge in [0.1, 0.15) is 0 Å². The predicted molar refractivity (Wildman–Crippen MR) is 127 cm³/mol. The van der Waals surface area contributed by atoms with Crippen molar-refractivity contribution in [1.29, 1.82) is 0 Å². The van der Waals surface area contributed by atoms with E-state index in [0.29, 0.717) is 5.56 Å². The lowest BCUT2D eigenvalue weighted by Crippen LogP contribution is -2.34. The number of carboxylic acid groups (broad SMARTS) is 1. The van der Waals surface area contributed by atoms with Crippen molar-refractivity contribution in [3.8, 4) is 0 Å². The Morgan fingerprint density at radius 3 is 2.10 bits per heavy atom. The first-order valence-corrected chi connectivity index (χ1v) is 11.3. The van der Waals surface area contributed by atoms with Gasteiger partial charge in [0.15, 0.2) is 0 Å². The van der Waals surface area contributed by atoms with E-state index in [0.717, 1.165) is 12.0 Å². The van der Waals surface area contributed by atoms with Crippen molar-refractivity contribution < 1.29 is 9.90 Å². The maximum atomic E-state index is 11.1. The molecule has 0 radical (unpaired) electrons. The highest BCUT2D eigenvalue weighted by Crippen LogP contribution is 2.46. The van der Waals surface area contributed by atoms with E-state index in [-0.39, 0.29) is 10.8 Å². The normalized spacial score (nSPS) is 17.1. The highest BCUT2D eigenvalue weighted by atomic mass is 16.4. The molecule has 0 saturated heterocycles. The van der Waals surface area contributed by atoms with Gasteiger partial charge in [0, 0.05) is 0 Å². The van der Waals surface area contributed by atoms with Gasteiger partial charge >= 0.3 is 5.97 Å². The highest BCUT2D eigenvalue weighted by molar-refractivity contribution is 5.88. The molecule has 0 unspecified atom stereocenters. The third kappa shape index (κ3) is 4.86. The SMILES string of the molecule is CCCCCc1cc2c(cc1C=Cc1ccc(C(=O)O)cc1)C(C)(C)CCC2(C)C. The van der Waals surface area contributed by atoms with Crippen LogP contribution in [-0.4, -0.2) is 11.1 Å². The zero-order valence-electron chi connectivity index (χ0n) is 19.2. The molecule has 0 heterocycles. The zero-order chi connectivity index (χ0) is 21.9. The van der Waals surface area contributed by atoms with Gasteiger partial charge in [-0.05, 0) is 76.5 Å². The molecule has 2 heteroatoms. The van der Waals surface area contributed by atoms with Crippen LogP contribution in [0.15, 0.2) is 36.4 Å². The van der Waals surface area contributed by atoms with Gasteiger partial charge in [-0.1, -0.05) is 83.9 Å². The van der Waals surface area contributed by atoms with E-state index in [2.05, 4.69) is 58.9 Å². The minimum atomic E-state index is -0.886. The summed E-state index contributed by atoms with van der Waals surface area (Å²) in [6.07, 6.45) is 11.6. The molecule has 0 atom stereocenters. The fraction of sp³-hybridized carbons (Fsp3) is 0.464. The molecule has 0 amide bonds. The van der Waals surface area contributed by atoms with E-state index in [1.807, 2.05) is 12.1 Å².